The fourth-order valence-electron chi connectivity index (χ4n) is 3.02. The van der Waals surface area contributed by atoms with Crippen molar-refractivity contribution >= 4 is 6.09 Å². The topological polar surface area (TPSA) is 38.8 Å². The molecule has 1 aliphatic heterocycles. The Kier molecular flexibility index (Phi) is 4.52. The van der Waals surface area contributed by atoms with Crippen molar-refractivity contribution in [2.75, 3.05) is 6.61 Å². The molecule has 4 heteroatoms. The largest absolute Gasteiger partial charge is 0.446 e. The van der Waals surface area contributed by atoms with Crippen molar-refractivity contribution < 1.29 is 14.3 Å². The summed E-state index contributed by atoms with van der Waals surface area (Å²) in [7, 11) is 0. The predicted octanol–water partition coefficient (Wildman–Crippen LogP) is 4.16. The number of ether oxygens (including phenoxy) is 2. The van der Waals surface area contributed by atoms with Gasteiger partial charge in [-0.2, -0.15) is 0 Å². The third-order valence-corrected chi connectivity index (χ3v) is 4.42. The second kappa shape index (κ2) is 5.92. The van der Waals surface area contributed by atoms with Gasteiger partial charge in [0.2, 0.25) is 0 Å². The van der Waals surface area contributed by atoms with Gasteiger partial charge in [-0.1, -0.05) is 37.3 Å². The van der Waals surface area contributed by atoms with Crippen molar-refractivity contribution in [3.63, 3.8) is 0 Å². The number of carbonyl (C=O) groups is 1. The minimum absolute atomic E-state index is 0.139. The zero-order valence-corrected chi connectivity index (χ0v) is 14.4. The molecule has 0 radical (unpaired) electrons. The van der Waals surface area contributed by atoms with Crippen LogP contribution in [0.1, 0.15) is 53.0 Å². The van der Waals surface area contributed by atoms with Crippen molar-refractivity contribution in [3.05, 3.63) is 35.9 Å². The highest BCUT2D eigenvalue weighted by Crippen LogP contribution is 2.35. The molecule has 2 atom stereocenters. The standard InChI is InChI=1S/C18H27NO3/c1-13(15-10-8-7-9-11-15)14(2)22-16(20)19-17(3,4)12-21-18(19,5)6/h7-11,13-14H,12H2,1-6H3/t13-,14-/m0/s1. The van der Waals surface area contributed by atoms with Gasteiger partial charge >= 0.3 is 6.09 Å². The molecule has 0 saturated carbocycles. The Morgan fingerprint density at radius 2 is 1.77 bits per heavy atom. The monoisotopic (exact) mass is 305 g/mol. The van der Waals surface area contributed by atoms with Crippen molar-refractivity contribution in [2.45, 2.75) is 64.8 Å². The van der Waals surface area contributed by atoms with E-state index >= 15 is 0 Å². The van der Waals surface area contributed by atoms with E-state index in [0.717, 1.165) is 0 Å². The van der Waals surface area contributed by atoms with Crippen LogP contribution in [0.3, 0.4) is 0 Å². The van der Waals surface area contributed by atoms with Crippen LogP contribution >= 0.6 is 0 Å². The Morgan fingerprint density at radius 1 is 1.18 bits per heavy atom. The van der Waals surface area contributed by atoms with Crippen molar-refractivity contribution in [3.8, 4) is 0 Å². The van der Waals surface area contributed by atoms with Crippen LogP contribution in [0.15, 0.2) is 30.3 Å². The summed E-state index contributed by atoms with van der Waals surface area (Å²) in [6.07, 6.45) is -0.523. The van der Waals surface area contributed by atoms with E-state index in [-0.39, 0.29) is 23.7 Å². The maximum atomic E-state index is 12.6. The zero-order valence-electron chi connectivity index (χ0n) is 14.4. The Labute approximate surface area is 133 Å². The Balaban J connectivity index is 2.08. The number of hydrogen-bond donors (Lipinski definition) is 0. The molecule has 1 saturated heterocycles. The molecule has 0 spiro atoms. The maximum Gasteiger partial charge on any atom is 0.412 e. The van der Waals surface area contributed by atoms with Gasteiger partial charge in [0.25, 0.3) is 0 Å². The number of amides is 1. The molecule has 0 N–H and O–H groups in total. The highest BCUT2D eigenvalue weighted by atomic mass is 16.6. The lowest BCUT2D eigenvalue weighted by Crippen LogP contribution is -2.53. The SMILES string of the molecule is C[C@H](OC(=O)N1C(C)(C)COC1(C)C)[C@H](C)c1ccccc1. The van der Waals surface area contributed by atoms with Crippen molar-refractivity contribution in [1.29, 1.82) is 0 Å². The molecule has 1 aromatic carbocycles. The molecule has 22 heavy (non-hydrogen) atoms. The minimum atomic E-state index is -0.643. The average molecular weight is 305 g/mol. The van der Waals surface area contributed by atoms with Gasteiger partial charge in [-0.05, 0) is 40.2 Å². The first kappa shape index (κ1) is 16.8. The molecular weight excluding hydrogens is 278 g/mol. The molecule has 0 bridgehead atoms. The summed E-state index contributed by atoms with van der Waals surface area (Å²) in [6, 6.07) is 10.1. The first-order valence-corrected chi connectivity index (χ1v) is 7.85. The lowest BCUT2D eigenvalue weighted by Gasteiger charge is -2.38. The molecule has 0 aliphatic carbocycles. The van der Waals surface area contributed by atoms with E-state index in [9.17, 15) is 4.79 Å². The Bertz CT molecular complexity index is 508. The lowest BCUT2D eigenvalue weighted by atomic mass is 9.96. The van der Waals surface area contributed by atoms with E-state index in [1.165, 1.54) is 5.56 Å². The fraction of sp³-hybridized carbons (Fsp3) is 0.611. The van der Waals surface area contributed by atoms with Gasteiger partial charge in [0.1, 0.15) is 11.8 Å². The molecule has 1 aromatic rings. The van der Waals surface area contributed by atoms with Crippen LogP contribution < -0.4 is 0 Å². The molecule has 0 unspecified atom stereocenters. The molecule has 2 rings (SSSR count). The van der Waals surface area contributed by atoms with Gasteiger partial charge in [0.15, 0.2) is 0 Å². The first-order valence-electron chi connectivity index (χ1n) is 7.85. The fourth-order valence-corrected chi connectivity index (χ4v) is 3.02. The maximum absolute atomic E-state index is 12.6. The average Bonchev–Trinajstić information content (AvgIpc) is 2.67. The van der Waals surface area contributed by atoms with Gasteiger partial charge in [0.05, 0.1) is 12.1 Å². The third kappa shape index (κ3) is 3.27. The third-order valence-electron chi connectivity index (χ3n) is 4.42. The van der Waals surface area contributed by atoms with E-state index in [1.807, 2.05) is 52.8 Å². The van der Waals surface area contributed by atoms with Gasteiger partial charge < -0.3 is 9.47 Å². The van der Waals surface area contributed by atoms with Crippen LogP contribution in [0, 0.1) is 0 Å². The highest BCUT2D eigenvalue weighted by molar-refractivity contribution is 5.70. The second-order valence-electron chi connectivity index (χ2n) is 7.17. The summed E-state index contributed by atoms with van der Waals surface area (Å²) in [6.45, 7) is 12.3. The minimum Gasteiger partial charge on any atom is -0.446 e. The number of rotatable bonds is 3. The van der Waals surface area contributed by atoms with Gasteiger partial charge in [-0.3, -0.25) is 4.90 Å². The van der Waals surface area contributed by atoms with Crippen LogP contribution in [0.25, 0.3) is 0 Å². The number of benzene rings is 1. The van der Waals surface area contributed by atoms with Gasteiger partial charge in [-0.15, -0.1) is 0 Å². The molecule has 122 valence electrons. The summed E-state index contributed by atoms with van der Waals surface area (Å²) in [4.78, 5) is 14.3. The summed E-state index contributed by atoms with van der Waals surface area (Å²) in [5.74, 6) is 0.139. The quantitative estimate of drug-likeness (QED) is 0.841. The van der Waals surface area contributed by atoms with Crippen LogP contribution in [-0.2, 0) is 9.47 Å². The van der Waals surface area contributed by atoms with E-state index in [2.05, 4.69) is 19.1 Å². The molecule has 1 heterocycles. The molecule has 0 aromatic heterocycles. The van der Waals surface area contributed by atoms with Crippen LogP contribution in [-0.4, -0.2) is 35.0 Å². The molecule has 1 fully saturated rings. The Hall–Kier alpha value is -1.55. The molecule has 1 aliphatic rings. The predicted molar refractivity (Wildman–Crippen MR) is 86.7 cm³/mol. The number of carbonyl (C=O) groups excluding carboxylic acids is 1. The van der Waals surface area contributed by atoms with E-state index in [1.54, 1.807) is 4.90 Å². The van der Waals surface area contributed by atoms with Crippen LogP contribution in [0.5, 0.6) is 0 Å². The Morgan fingerprint density at radius 3 is 2.27 bits per heavy atom. The number of nitrogens with zero attached hydrogens (tertiary/aromatic N) is 1. The number of hydrogen-bond acceptors (Lipinski definition) is 3. The van der Waals surface area contributed by atoms with E-state index < -0.39 is 5.72 Å². The van der Waals surface area contributed by atoms with Crippen LogP contribution in [0.2, 0.25) is 0 Å². The zero-order chi connectivity index (χ0) is 16.5. The molecular formula is C18H27NO3. The first-order chi connectivity index (χ1) is 10.1. The van der Waals surface area contributed by atoms with Gasteiger partial charge in [0, 0.05) is 5.92 Å². The van der Waals surface area contributed by atoms with E-state index in [0.29, 0.717) is 6.61 Å². The highest BCUT2D eigenvalue weighted by Gasteiger charge is 2.50. The molecule has 1 amide bonds. The second-order valence-corrected chi connectivity index (χ2v) is 7.17. The smallest absolute Gasteiger partial charge is 0.412 e. The van der Waals surface area contributed by atoms with Crippen molar-refractivity contribution in [1.82, 2.24) is 4.90 Å². The lowest BCUT2D eigenvalue weighted by molar-refractivity contribution is -0.0585. The summed E-state index contributed by atoms with van der Waals surface area (Å²) < 4.78 is 11.5. The summed E-state index contributed by atoms with van der Waals surface area (Å²) in [5, 5.41) is 0. The van der Waals surface area contributed by atoms with Crippen LogP contribution in [0.4, 0.5) is 4.79 Å². The normalized spacial score (nSPS) is 22.2. The summed E-state index contributed by atoms with van der Waals surface area (Å²) in [5.41, 5.74) is 0.158. The molecule has 4 nitrogen and oxygen atoms in total. The van der Waals surface area contributed by atoms with Gasteiger partial charge in [-0.25, -0.2) is 4.79 Å². The van der Waals surface area contributed by atoms with Crippen molar-refractivity contribution in [2.24, 2.45) is 0 Å². The summed E-state index contributed by atoms with van der Waals surface area (Å²) >= 11 is 0. The van der Waals surface area contributed by atoms with E-state index in [4.69, 9.17) is 9.47 Å².